The lowest BCUT2D eigenvalue weighted by Crippen LogP contribution is -2.39. The number of halogens is 4. The van der Waals surface area contributed by atoms with Crippen molar-refractivity contribution in [3.05, 3.63) is 115 Å². The summed E-state index contributed by atoms with van der Waals surface area (Å²) in [6.45, 7) is 4.89. The number of aromatic nitrogens is 1. The number of rotatable bonds is 10. The topological polar surface area (TPSA) is 88.4 Å². The van der Waals surface area contributed by atoms with E-state index in [1.54, 1.807) is 30.3 Å². The maximum atomic E-state index is 14.0. The molecule has 8 nitrogen and oxygen atoms in total. The largest absolute Gasteiger partial charge is 0.490 e. The molecule has 0 N–H and O–H groups in total. The number of carbonyl (C=O) groups is 1. The van der Waals surface area contributed by atoms with Crippen LogP contribution in [0.15, 0.2) is 74.6 Å². The first-order chi connectivity index (χ1) is 21.6. The number of fused-ring (bicyclic) bond motifs is 1. The van der Waals surface area contributed by atoms with E-state index in [-0.39, 0.29) is 17.7 Å². The fourth-order valence-corrected chi connectivity index (χ4v) is 7.93. The standard InChI is InChI=1S/C32H26BrCl2IN2O6S/c1-4-42-25-9-7-18(13-26(25)43-5-2)28-21(31(40)41-3)15-37-32-38(28)30(39)27(45-32)12-17-10-22(33)29(24(36)11-17)44-16-19-6-8-20(34)14-23(19)35/h6-15,28H,4-5,16H2,1-3H3/b27-12-/t28-/m1/s1. The molecule has 0 amide bonds. The van der Waals surface area contributed by atoms with Gasteiger partial charge >= 0.3 is 5.97 Å². The lowest BCUT2D eigenvalue weighted by molar-refractivity contribution is -0.136. The van der Waals surface area contributed by atoms with Gasteiger partial charge in [0.15, 0.2) is 16.3 Å². The first kappa shape index (κ1) is 33.5. The molecule has 0 bridgehead atoms. The first-order valence-electron chi connectivity index (χ1n) is 13.7. The van der Waals surface area contributed by atoms with Gasteiger partial charge in [0.1, 0.15) is 12.4 Å². The van der Waals surface area contributed by atoms with Crippen molar-refractivity contribution in [3.63, 3.8) is 0 Å². The minimum absolute atomic E-state index is 0.225. The van der Waals surface area contributed by atoms with Gasteiger partial charge in [-0.05, 0) is 106 Å². The molecule has 234 valence electrons. The van der Waals surface area contributed by atoms with E-state index in [1.165, 1.54) is 29.2 Å². The third-order valence-corrected chi connectivity index (χ3v) is 9.69. The molecule has 2 heterocycles. The highest BCUT2D eigenvalue weighted by atomic mass is 127. The fraction of sp³-hybridized carbons (Fsp3) is 0.219. The number of thiazole rings is 1. The molecule has 1 atom stereocenters. The molecular formula is C32H26BrCl2IN2O6S. The molecule has 13 heteroatoms. The van der Waals surface area contributed by atoms with Crippen LogP contribution in [0.25, 0.3) is 6.08 Å². The summed E-state index contributed by atoms with van der Waals surface area (Å²) in [5.74, 6) is 1.14. The molecule has 0 unspecified atom stereocenters. The maximum Gasteiger partial charge on any atom is 0.337 e. The monoisotopic (exact) mass is 842 g/mol. The third-order valence-electron chi connectivity index (χ3n) is 6.71. The van der Waals surface area contributed by atoms with Gasteiger partial charge < -0.3 is 18.9 Å². The number of esters is 1. The molecule has 1 aromatic heterocycles. The van der Waals surface area contributed by atoms with E-state index in [2.05, 4.69) is 43.5 Å². The van der Waals surface area contributed by atoms with Crippen LogP contribution in [-0.2, 0) is 16.1 Å². The second kappa shape index (κ2) is 14.7. The molecule has 0 spiro atoms. The smallest absolute Gasteiger partial charge is 0.337 e. The summed E-state index contributed by atoms with van der Waals surface area (Å²) < 4.78 is 26.2. The van der Waals surface area contributed by atoms with Crippen molar-refractivity contribution in [2.75, 3.05) is 20.3 Å². The molecule has 0 saturated heterocycles. The SMILES string of the molecule is CCOc1ccc([C@@H]2C(C(=O)OC)=CN=c3s/c(=C\c4cc(Br)c(OCc5ccc(Cl)cc5Cl)c(I)c4)c(=O)n32)cc1OCC. The summed E-state index contributed by atoms with van der Waals surface area (Å²) in [5, 5.41) is 1.07. The zero-order valence-electron chi connectivity index (χ0n) is 24.2. The lowest BCUT2D eigenvalue weighted by atomic mass is 9.97. The number of hydrogen-bond acceptors (Lipinski definition) is 8. The van der Waals surface area contributed by atoms with Gasteiger partial charge in [-0.1, -0.05) is 46.7 Å². The number of benzene rings is 3. The van der Waals surface area contributed by atoms with Crippen molar-refractivity contribution in [1.29, 1.82) is 0 Å². The highest BCUT2D eigenvalue weighted by molar-refractivity contribution is 14.1. The zero-order valence-corrected chi connectivity index (χ0v) is 30.3. The molecule has 45 heavy (non-hydrogen) atoms. The second-order valence-corrected chi connectivity index (χ2v) is 13.5. The van der Waals surface area contributed by atoms with Gasteiger partial charge in [0.25, 0.3) is 5.56 Å². The predicted molar refractivity (Wildman–Crippen MR) is 188 cm³/mol. The third kappa shape index (κ3) is 7.27. The molecule has 3 aromatic carbocycles. The predicted octanol–water partition coefficient (Wildman–Crippen LogP) is 7.07. The van der Waals surface area contributed by atoms with Crippen LogP contribution in [0.1, 0.15) is 36.6 Å². The number of methoxy groups -OCH3 is 1. The Balaban J connectivity index is 1.54. The van der Waals surface area contributed by atoms with E-state index < -0.39 is 12.0 Å². The second-order valence-electron chi connectivity index (χ2n) is 9.59. The first-order valence-corrected chi connectivity index (χ1v) is 17.1. The van der Waals surface area contributed by atoms with E-state index in [9.17, 15) is 9.59 Å². The average molecular weight is 844 g/mol. The van der Waals surface area contributed by atoms with Crippen LogP contribution < -0.4 is 29.1 Å². The summed E-state index contributed by atoms with van der Waals surface area (Å²) in [6, 6.07) is 13.6. The van der Waals surface area contributed by atoms with Gasteiger partial charge in [-0.15, -0.1) is 0 Å². The molecular weight excluding hydrogens is 818 g/mol. The van der Waals surface area contributed by atoms with Gasteiger partial charge in [-0.25, -0.2) is 9.79 Å². The molecule has 5 rings (SSSR count). The van der Waals surface area contributed by atoms with E-state index in [4.69, 9.17) is 42.1 Å². The summed E-state index contributed by atoms with van der Waals surface area (Å²) in [4.78, 5) is 31.8. The molecule has 0 fully saturated rings. The number of nitrogens with zero attached hydrogens (tertiary/aromatic N) is 2. The maximum absolute atomic E-state index is 14.0. The van der Waals surface area contributed by atoms with Gasteiger partial charge in [-0.3, -0.25) is 9.36 Å². The Hall–Kier alpha value is -2.84. The van der Waals surface area contributed by atoms with Crippen LogP contribution in [0, 0.1) is 3.57 Å². The minimum Gasteiger partial charge on any atom is -0.490 e. The van der Waals surface area contributed by atoms with Crippen molar-refractivity contribution >= 4 is 85.1 Å². The molecule has 1 aliphatic heterocycles. The summed E-state index contributed by atoms with van der Waals surface area (Å²) in [6.07, 6.45) is 3.25. The van der Waals surface area contributed by atoms with E-state index >= 15 is 0 Å². The number of carbonyl (C=O) groups excluding carboxylic acids is 1. The Morgan fingerprint density at radius 3 is 2.51 bits per heavy atom. The Morgan fingerprint density at radius 1 is 1.07 bits per heavy atom. The van der Waals surface area contributed by atoms with Crippen LogP contribution in [0.2, 0.25) is 10.0 Å². The molecule has 0 saturated carbocycles. The molecule has 0 aliphatic carbocycles. The van der Waals surface area contributed by atoms with Gasteiger partial charge in [0, 0.05) is 21.8 Å². The Bertz CT molecular complexity index is 1970. The van der Waals surface area contributed by atoms with Crippen LogP contribution in [-0.4, -0.2) is 30.9 Å². The molecule has 0 radical (unpaired) electrons. The highest BCUT2D eigenvalue weighted by Gasteiger charge is 2.31. The van der Waals surface area contributed by atoms with Gasteiger partial charge in [0.05, 0.1) is 44.5 Å². The van der Waals surface area contributed by atoms with Crippen molar-refractivity contribution in [2.45, 2.75) is 26.5 Å². The fourth-order valence-electron chi connectivity index (χ4n) is 4.73. The van der Waals surface area contributed by atoms with Crippen molar-refractivity contribution in [1.82, 2.24) is 4.57 Å². The van der Waals surface area contributed by atoms with Crippen LogP contribution in [0.5, 0.6) is 17.2 Å². The highest BCUT2D eigenvalue weighted by Crippen LogP contribution is 2.36. The molecule has 1 aliphatic rings. The van der Waals surface area contributed by atoms with Crippen LogP contribution in [0.3, 0.4) is 0 Å². The van der Waals surface area contributed by atoms with Crippen molar-refractivity contribution in [2.24, 2.45) is 4.99 Å². The van der Waals surface area contributed by atoms with Gasteiger partial charge in [-0.2, -0.15) is 0 Å². The van der Waals surface area contributed by atoms with Crippen molar-refractivity contribution in [3.8, 4) is 17.2 Å². The Labute approximate surface area is 295 Å². The summed E-state index contributed by atoms with van der Waals surface area (Å²) in [7, 11) is 1.30. The van der Waals surface area contributed by atoms with E-state index in [1.807, 2.05) is 38.1 Å². The Kier molecular flexibility index (Phi) is 11.0. The van der Waals surface area contributed by atoms with Crippen LogP contribution in [0.4, 0.5) is 0 Å². The quantitative estimate of drug-likeness (QED) is 0.126. The Morgan fingerprint density at radius 2 is 1.82 bits per heavy atom. The molecule has 4 aromatic rings. The van der Waals surface area contributed by atoms with Crippen molar-refractivity contribution < 1.29 is 23.7 Å². The van der Waals surface area contributed by atoms with E-state index in [0.717, 1.165) is 14.7 Å². The zero-order chi connectivity index (χ0) is 32.2. The summed E-state index contributed by atoms with van der Waals surface area (Å²) >= 11 is 19.4. The minimum atomic E-state index is -0.784. The van der Waals surface area contributed by atoms with Gasteiger partial charge in [0.2, 0.25) is 0 Å². The number of ether oxygens (including phenoxy) is 4. The lowest BCUT2D eigenvalue weighted by Gasteiger charge is -2.23. The summed E-state index contributed by atoms with van der Waals surface area (Å²) in [5.41, 5.74) is 2.16. The van der Waals surface area contributed by atoms with Crippen LogP contribution >= 0.6 is 73.1 Å². The number of hydrogen-bond donors (Lipinski definition) is 0. The van der Waals surface area contributed by atoms with E-state index in [0.29, 0.717) is 59.9 Å². The normalized spacial score (nSPS) is 14.3. The average Bonchev–Trinajstić information content (AvgIpc) is 3.32.